The molecule has 0 atom stereocenters. The molecule has 0 bridgehead atoms. The predicted octanol–water partition coefficient (Wildman–Crippen LogP) is 2.75. The molecule has 0 unspecified atom stereocenters. The van der Waals surface area contributed by atoms with Crippen LogP contribution in [0.1, 0.15) is 44.6 Å². The van der Waals surface area contributed by atoms with Gasteiger partial charge in [0.25, 0.3) is 0 Å². The maximum atomic E-state index is 12.6. The molecule has 1 N–H and O–H groups in total. The number of nitrogens with zero attached hydrogens (tertiary/aromatic N) is 1. The summed E-state index contributed by atoms with van der Waals surface area (Å²) in [6, 6.07) is 7.42. The molecule has 1 aliphatic carbocycles. The second-order valence-corrected chi connectivity index (χ2v) is 7.78. The van der Waals surface area contributed by atoms with Crippen LogP contribution < -0.4 is 5.32 Å². The molecule has 1 aromatic rings. The third-order valence-corrected chi connectivity index (χ3v) is 6.12. The van der Waals surface area contributed by atoms with Crippen LogP contribution in [0.5, 0.6) is 0 Å². The molecular formula is C16H26N2O2S. The Bertz CT molecular complexity index is 534. The minimum absolute atomic E-state index is 0.167. The van der Waals surface area contributed by atoms with E-state index in [4.69, 9.17) is 0 Å². The van der Waals surface area contributed by atoms with Crippen molar-refractivity contribution in [3.8, 4) is 0 Å². The average Bonchev–Trinajstić information content (AvgIpc) is 3.01. The summed E-state index contributed by atoms with van der Waals surface area (Å²) in [5.41, 5.74) is 1.12. The first kappa shape index (κ1) is 16.5. The lowest BCUT2D eigenvalue weighted by atomic mass is 10.2. The monoisotopic (exact) mass is 310 g/mol. The molecule has 0 aliphatic heterocycles. The van der Waals surface area contributed by atoms with Crippen molar-refractivity contribution >= 4 is 10.0 Å². The maximum absolute atomic E-state index is 12.6. The fraction of sp³-hybridized carbons (Fsp3) is 0.625. The molecule has 21 heavy (non-hydrogen) atoms. The van der Waals surface area contributed by atoms with Crippen LogP contribution in [-0.2, 0) is 16.6 Å². The van der Waals surface area contributed by atoms with E-state index in [1.807, 2.05) is 12.1 Å². The van der Waals surface area contributed by atoms with Gasteiger partial charge in [0.05, 0.1) is 4.90 Å². The third kappa shape index (κ3) is 4.05. The van der Waals surface area contributed by atoms with Crippen LogP contribution in [0.25, 0.3) is 0 Å². The van der Waals surface area contributed by atoms with Gasteiger partial charge in [-0.15, -0.1) is 0 Å². The number of hydrogen-bond donors (Lipinski definition) is 1. The summed E-state index contributed by atoms with van der Waals surface area (Å²) in [6.45, 7) is 3.89. The number of sulfonamides is 1. The van der Waals surface area contributed by atoms with E-state index < -0.39 is 10.0 Å². The Morgan fingerprint density at radius 2 is 1.81 bits per heavy atom. The largest absolute Gasteiger partial charge is 0.313 e. The van der Waals surface area contributed by atoms with Crippen molar-refractivity contribution in [3.63, 3.8) is 0 Å². The number of nitrogens with one attached hydrogen (secondary N) is 1. The first-order valence-corrected chi connectivity index (χ1v) is 9.27. The Kier molecular flexibility index (Phi) is 5.79. The van der Waals surface area contributed by atoms with E-state index in [0.717, 1.165) is 50.8 Å². The van der Waals surface area contributed by atoms with Crippen LogP contribution in [0.3, 0.4) is 0 Å². The van der Waals surface area contributed by atoms with Crippen LogP contribution in [-0.4, -0.2) is 32.4 Å². The molecule has 0 amide bonds. The summed E-state index contributed by atoms with van der Waals surface area (Å²) in [5, 5.41) is 3.32. The first-order valence-electron chi connectivity index (χ1n) is 7.83. The van der Waals surface area contributed by atoms with Gasteiger partial charge in [0.1, 0.15) is 0 Å². The summed E-state index contributed by atoms with van der Waals surface area (Å²) in [7, 11) is -1.64. The molecule has 0 spiro atoms. The van der Waals surface area contributed by atoms with Crippen LogP contribution in [0.2, 0.25) is 0 Å². The second-order valence-electron chi connectivity index (χ2n) is 5.78. The molecule has 5 heteroatoms. The zero-order valence-corrected chi connectivity index (χ0v) is 13.8. The zero-order chi connectivity index (χ0) is 15.3. The second kappa shape index (κ2) is 7.38. The van der Waals surface area contributed by atoms with Crippen molar-refractivity contribution in [2.75, 3.05) is 13.6 Å². The van der Waals surface area contributed by atoms with E-state index in [1.165, 1.54) is 0 Å². The van der Waals surface area contributed by atoms with E-state index in [-0.39, 0.29) is 6.04 Å². The summed E-state index contributed by atoms with van der Waals surface area (Å²) >= 11 is 0. The van der Waals surface area contributed by atoms with Gasteiger partial charge >= 0.3 is 0 Å². The molecular weight excluding hydrogens is 284 g/mol. The van der Waals surface area contributed by atoms with Crippen LogP contribution >= 0.6 is 0 Å². The molecule has 1 aromatic carbocycles. The van der Waals surface area contributed by atoms with Crippen molar-refractivity contribution in [2.24, 2.45) is 0 Å². The van der Waals surface area contributed by atoms with Gasteiger partial charge in [0.2, 0.25) is 10.0 Å². The molecule has 0 heterocycles. The Balaban J connectivity index is 2.05. The predicted molar refractivity (Wildman–Crippen MR) is 85.6 cm³/mol. The Hall–Kier alpha value is -0.910. The Morgan fingerprint density at radius 1 is 1.19 bits per heavy atom. The van der Waals surface area contributed by atoms with Gasteiger partial charge in [-0.3, -0.25) is 0 Å². The first-order chi connectivity index (χ1) is 10.1. The van der Waals surface area contributed by atoms with Crippen LogP contribution in [0.4, 0.5) is 0 Å². The zero-order valence-electron chi connectivity index (χ0n) is 13.0. The highest BCUT2D eigenvalue weighted by Gasteiger charge is 2.29. The summed E-state index contributed by atoms with van der Waals surface area (Å²) in [4.78, 5) is 0.399. The van der Waals surface area contributed by atoms with E-state index >= 15 is 0 Å². The van der Waals surface area contributed by atoms with Gasteiger partial charge in [-0.2, -0.15) is 4.31 Å². The SMILES string of the molecule is CCCNCc1ccc(S(=O)(=O)N(C)C2CCCC2)cc1. The number of hydrogen-bond acceptors (Lipinski definition) is 3. The van der Waals surface area contributed by atoms with E-state index in [2.05, 4.69) is 12.2 Å². The summed E-state index contributed by atoms with van der Waals surface area (Å²) in [5.74, 6) is 0. The average molecular weight is 310 g/mol. The topological polar surface area (TPSA) is 49.4 Å². The highest BCUT2D eigenvalue weighted by atomic mass is 32.2. The van der Waals surface area contributed by atoms with Gasteiger partial charge in [-0.25, -0.2) is 8.42 Å². The minimum Gasteiger partial charge on any atom is -0.313 e. The highest BCUT2D eigenvalue weighted by Crippen LogP contribution is 2.27. The summed E-state index contributed by atoms with van der Waals surface area (Å²) in [6.07, 6.45) is 5.32. The van der Waals surface area contributed by atoms with Crippen molar-refractivity contribution in [2.45, 2.75) is 56.5 Å². The van der Waals surface area contributed by atoms with Gasteiger partial charge < -0.3 is 5.32 Å². The number of benzene rings is 1. The van der Waals surface area contributed by atoms with E-state index in [9.17, 15) is 8.42 Å². The van der Waals surface area contributed by atoms with Crippen molar-refractivity contribution in [1.29, 1.82) is 0 Å². The molecule has 4 nitrogen and oxygen atoms in total. The summed E-state index contributed by atoms with van der Waals surface area (Å²) < 4.78 is 26.8. The molecule has 0 saturated heterocycles. The lowest BCUT2D eigenvalue weighted by molar-refractivity contribution is 0.373. The van der Waals surface area contributed by atoms with Crippen molar-refractivity contribution < 1.29 is 8.42 Å². The van der Waals surface area contributed by atoms with Gasteiger partial charge in [0, 0.05) is 19.6 Å². The van der Waals surface area contributed by atoms with Crippen molar-refractivity contribution in [3.05, 3.63) is 29.8 Å². The molecule has 1 aliphatic rings. The van der Waals surface area contributed by atoms with Gasteiger partial charge in [-0.1, -0.05) is 31.9 Å². The van der Waals surface area contributed by atoms with Crippen LogP contribution in [0, 0.1) is 0 Å². The fourth-order valence-corrected chi connectivity index (χ4v) is 4.24. The quantitative estimate of drug-likeness (QED) is 0.788. The van der Waals surface area contributed by atoms with Crippen molar-refractivity contribution in [1.82, 2.24) is 9.62 Å². The fourth-order valence-electron chi connectivity index (χ4n) is 2.82. The normalized spacial score (nSPS) is 16.7. The highest BCUT2D eigenvalue weighted by molar-refractivity contribution is 7.89. The molecule has 118 valence electrons. The lowest BCUT2D eigenvalue weighted by Gasteiger charge is -2.23. The Labute approximate surface area is 128 Å². The number of rotatable bonds is 7. The molecule has 2 rings (SSSR count). The maximum Gasteiger partial charge on any atom is 0.243 e. The van der Waals surface area contributed by atoms with Gasteiger partial charge in [0.15, 0.2) is 0 Å². The molecule has 1 fully saturated rings. The molecule has 1 saturated carbocycles. The standard InChI is InChI=1S/C16H26N2O2S/c1-3-12-17-13-14-8-10-16(11-9-14)21(19,20)18(2)15-6-4-5-7-15/h8-11,15,17H,3-7,12-13H2,1-2H3. The molecule has 0 radical (unpaired) electrons. The smallest absolute Gasteiger partial charge is 0.243 e. The molecule has 0 aromatic heterocycles. The third-order valence-electron chi connectivity index (χ3n) is 4.20. The van der Waals surface area contributed by atoms with E-state index in [0.29, 0.717) is 4.90 Å². The Morgan fingerprint density at radius 3 is 2.38 bits per heavy atom. The lowest BCUT2D eigenvalue weighted by Crippen LogP contribution is -2.35. The van der Waals surface area contributed by atoms with Crippen LogP contribution in [0.15, 0.2) is 29.2 Å². The minimum atomic E-state index is -3.35. The van der Waals surface area contributed by atoms with Gasteiger partial charge in [-0.05, 0) is 43.5 Å². The van der Waals surface area contributed by atoms with E-state index in [1.54, 1.807) is 23.5 Å².